The maximum Gasteiger partial charge on any atom is 0.339 e. The quantitative estimate of drug-likeness (QED) is 0.417. The molecule has 3 heterocycles. The smallest absolute Gasteiger partial charge is 0.339 e. The van der Waals surface area contributed by atoms with Gasteiger partial charge in [-0.3, -0.25) is 4.79 Å². The summed E-state index contributed by atoms with van der Waals surface area (Å²) in [4.78, 5) is 30.6. The average Bonchev–Trinajstić information content (AvgIpc) is 3.47. The summed E-state index contributed by atoms with van der Waals surface area (Å²) in [6.07, 6.45) is 0. The Hall–Kier alpha value is -3.92. The third kappa shape index (κ3) is 4.26. The van der Waals surface area contributed by atoms with Gasteiger partial charge in [0.1, 0.15) is 11.5 Å². The van der Waals surface area contributed by atoms with Gasteiger partial charge in [0.05, 0.1) is 47.1 Å². The first-order valence-corrected chi connectivity index (χ1v) is 10.4. The van der Waals surface area contributed by atoms with Gasteiger partial charge in [-0.05, 0) is 36.6 Å². The lowest BCUT2D eigenvalue weighted by atomic mass is 10.1. The third-order valence-electron chi connectivity index (χ3n) is 4.63. The number of benzene rings is 1. The number of esters is 1. The van der Waals surface area contributed by atoms with E-state index in [0.29, 0.717) is 34.0 Å². The van der Waals surface area contributed by atoms with Gasteiger partial charge in [-0.2, -0.15) is 0 Å². The lowest BCUT2D eigenvalue weighted by Gasteiger charge is -2.12. The minimum Gasteiger partial charge on any atom is -0.497 e. The largest absolute Gasteiger partial charge is 0.497 e. The predicted molar refractivity (Wildman–Crippen MR) is 118 cm³/mol. The van der Waals surface area contributed by atoms with E-state index in [1.54, 1.807) is 31.2 Å². The van der Waals surface area contributed by atoms with Crippen LogP contribution in [0, 0.1) is 6.92 Å². The van der Waals surface area contributed by atoms with Crippen LogP contribution >= 0.6 is 11.3 Å². The SMILES string of the molecule is COc1ccc(OC)c(NC(=O)COC(=O)c2cc(-c3cccs3)nc3onc(C)c23)c1. The van der Waals surface area contributed by atoms with Crippen LogP contribution in [0.3, 0.4) is 0 Å². The molecular formula is C22H19N3O6S. The van der Waals surface area contributed by atoms with Gasteiger partial charge in [0.15, 0.2) is 6.61 Å². The number of carbonyl (C=O) groups excluding carboxylic acids is 2. The van der Waals surface area contributed by atoms with Gasteiger partial charge in [0.25, 0.3) is 11.6 Å². The zero-order chi connectivity index (χ0) is 22.7. The van der Waals surface area contributed by atoms with Crippen LogP contribution in [0.4, 0.5) is 5.69 Å². The number of hydrogen-bond acceptors (Lipinski definition) is 9. The number of aromatic nitrogens is 2. The van der Waals surface area contributed by atoms with Crippen LogP contribution in [0.2, 0.25) is 0 Å². The molecule has 164 valence electrons. The van der Waals surface area contributed by atoms with E-state index in [0.717, 1.165) is 4.88 Å². The van der Waals surface area contributed by atoms with Crippen molar-refractivity contribution >= 4 is 40.0 Å². The van der Waals surface area contributed by atoms with Crippen LogP contribution in [0.5, 0.6) is 11.5 Å². The zero-order valence-electron chi connectivity index (χ0n) is 17.5. The van der Waals surface area contributed by atoms with Crippen molar-refractivity contribution in [1.29, 1.82) is 0 Å². The topological polar surface area (TPSA) is 113 Å². The van der Waals surface area contributed by atoms with Crippen molar-refractivity contribution in [2.24, 2.45) is 0 Å². The molecule has 0 aliphatic rings. The molecule has 0 spiro atoms. The van der Waals surface area contributed by atoms with Crippen molar-refractivity contribution < 1.29 is 28.3 Å². The number of anilines is 1. The van der Waals surface area contributed by atoms with Crippen LogP contribution in [0.1, 0.15) is 16.1 Å². The van der Waals surface area contributed by atoms with Crippen molar-refractivity contribution in [1.82, 2.24) is 10.1 Å². The number of carbonyl (C=O) groups is 2. The highest BCUT2D eigenvalue weighted by Gasteiger charge is 2.21. The molecule has 10 heteroatoms. The number of methoxy groups -OCH3 is 2. The van der Waals surface area contributed by atoms with Crippen molar-refractivity contribution in [3.8, 4) is 22.1 Å². The van der Waals surface area contributed by atoms with E-state index in [1.165, 1.54) is 25.6 Å². The van der Waals surface area contributed by atoms with Crippen LogP contribution in [-0.2, 0) is 9.53 Å². The Bertz CT molecular complexity index is 1280. The van der Waals surface area contributed by atoms with E-state index < -0.39 is 18.5 Å². The molecule has 0 atom stereocenters. The van der Waals surface area contributed by atoms with Gasteiger partial charge in [0, 0.05) is 6.07 Å². The first-order valence-electron chi connectivity index (χ1n) is 9.50. The van der Waals surface area contributed by atoms with Crippen LogP contribution in [0.15, 0.2) is 46.3 Å². The number of fused-ring (bicyclic) bond motifs is 1. The molecule has 0 saturated heterocycles. The molecule has 0 aliphatic carbocycles. The highest BCUT2D eigenvalue weighted by Crippen LogP contribution is 2.30. The van der Waals surface area contributed by atoms with E-state index in [-0.39, 0.29) is 11.3 Å². The maximum atomic E-state index is 12.9. The first-order chi connectivity index (χ1) is 15.5. The molecular weight excluding hydrogens is 434 g/mol. The fourth-order valence-electron chi connectivity index (χ4n) is 3.11. The summed E-state index contributed by atoms with van der Waals surface area (Å²) in [5.41, 5.74) is 1.91. The molecule has 4 aromatic rings. The monoisotopic (exact) mass is 453 g/mol. The fraction of sp³-hybridized carbons (Fsp3) is 0.182. The molecule has 0 radical (unpaired) electrons. The molecule has 0 saturated carbocycles. The number of thiophene rings is 1. The molecule has 0 aliphatic heterocycles. The summed E-state index contributed by atoms with van der Waals surface area (Å²) in [6.45, 7) is 1.21. The van der Waals surface area contributed by atoms with E-state index in [1.807, 2.05) is 17.5 Å². The second-order valence-electron chi connectivity index (χ2n) is 6.67. The molecule has 1 N–H and O–H groups in total. The van der Waals surface area contributed by atoms with Gasteiger partial charge >= 0.3 is 5.97 Å². The number of pyridine rings is 1. The summed E-state index contributed by atoms with van der Waals surface area (Å²) >= 11 is 1.47. The Morgan fingerprint density at radius 3 is 2.72 bits per heavy atom. The Kier molecular flexibility index (Phi) is 6.04. The second-order valence-corrected chi connectivity index (χ2v) is 7.62. The zero-order valence-corrected chi connectivity index (χ0v) is 18.3. The Balaban J connectivity index is 1.53. The van der Waals surface area contributed by atoms with Crippen molar-refractivity contribution in [2.45, 2.75) is 6.92 Å². The van der Waals surface area contributed by atoms with Crippen molar-refractivity contribution in [3.63, 3.8) is 0 Å². The Morgan fingerprint density at radius 1 is 1.16 bits per heavy atom. The van der Waals surface area contributed by atoms with Gasteiger partial charge in [0.2, 0.25) is 0 Å². The third-order valence-corrected chi connectivity index (χ3v) is 5.52. The van der Waals surface area contributed by atoms with Crippen molar-refractivity contribution in [3.05, 3.63) is 53.0 Å². The average molecular weight is 453 g/mol. The van der Waals surface area contributed by atoms with E-state index in [2.05, 4.69) is 15.5 Å². The molecule has 1 aromatic carbocycles. The number of nitrogens with zero attached hydrogens (tertiary/aromatic N) is 2. The summed E-state index contributed by atoms with van der Waals surface area (Å²) in [7, 11) is 3.00. The number of hydrogen-bond donors (Lipinski definition) is 1. The highest BCUT2D eigenvalue weighted by molar-refractivity contribution is 7.13. The molecule has 9 nitrogen and oxygen atoms in total. The molecule has 4 rings (SSSR count). The summed E-state index contributed by atoms with van der Waals surface area (Å²) in [5, 5.41) is 8.91. The number of rotatable bonds is 7. The molecule has 0 unspecified atom stereocenters. The van der Waals surface area contributed by atoms with E-state index >= 15 is 0 Å². The van der Waals surface area contributed by atoms with Crippen LogP contribution in [0.25, 0.3) is 21.7 Å². The van der Waals surface area contributed by atoms with Crippen LogP contribution < -0.4 is 14.8 Å². The summed E-state index contributed by atoms with van der Waals surface area (Å²) in [5.74, 6) is -0.228. The molecule has 0 fully saturated rings. The predicted octanol–water partition coefficient (Wildman–Crippen LogP) is 4.07. The summed E-state index contributed by atoms with van der Waals surface area (Å²) < 4.78 is 20.9. The number of amides is 1. The first kappa shape index (κ1) is 21.3. The molecule has 1 amide bonds. The van der Waals surface area contributed by atoms with Crippen molar-refractivity contribution in [2.75, 3.05) is 26.1 Å². The molecule has 32 heavy (non-hydrogen) atoms. The minimum absolute atomic E-state index is 0.226. The second kappa shape index (κ2) is 9.06. The van der Waals surface area contributed by atoms with Crippen LogP contribution in [-0.4, -0.2) is 42.8 Å². The van der Waals surface area contributed by atoms with Gasteiger partial charge in [-0.25, -0.2) is 9.78 Å². The number of nitrogens with one attached hydrogen (secondary N) is 1. The van der Waals surface area contributed by atoms with E-state index in [4.69, 9.17) is 18.7 Å². The normalized spacial score (nSPS) is 10.7. The fourth-order valence-corrected chi connectivity index (χ4v) is 3.80. The number of ether oxygens (including phenoxy) is 3. The minimum atomic E-state index is -0.686. The summed E-state index contributed by atoms with van der Waals surface area (Å²) in [6, 6.07) is 10.4. The standard InChI is InChI=1S/C22H19N3O6S/c1-12-20-14(10-16(18-5-4-8-32-18)24-21(20)31-25-12)22(27)30-11-19(26)23-15-9-13(28-2)6-7-17(15)29-3/h4-10H,11H2,1-3H3,(H,23,26). The van der Waals surface area contributed by atoms with Gasteiger partial charge in [-0.1, -0.05) is 11.2 Å². The molecule has 3 aromatic heterocycles. The number of aryl methyl sites for hydroxylation is 1. The van der Waals surface area contributed by atoms with Gasteiger partial charge < -0.3 is 24.1 Å². The van der Waals surface area contributed by atoms with E-state index in [9.17, 15) is 9.59 Å². The van der Waals surface area contributed by atoms with Gasteiger partial charge in [-0.15, -0.1) is 11.3 Å². The molecule has 0 bridgehead atoms. The lowest BCUT2D eigenvalue weighted by Crippen LogP contribution is -2.21. The Morgan fingerprint density at radius 2 is 2.00 bits per heavy atom. The lowest BCUT2D eigenvalue weighted by molar-refractivity contribution is -0.119. The Labute approximate surface area is 186 Å². The maximum absolute atomic E-state index is 12.9. The highest BCUT2D eigenvalue weighted by atomic mass is 32.1.